The lowest BCUT2D eigenvalue weighted by molar-refractivity contribution is 0.414. The van der Waals surface area contributed by atoms with Crippen molar-refractivity contribution in [2.24, 2.45) is 4.99 Å². The number of rotatable bonds is 8. The minimum absolute atomic E-state index is 0.295. The molecule has 0 aliphatic heterocycles. The number of nitrogens with one attached hydrogen (secondary N) is 3. The fraction of sp³-hybridized carbons (Fsp3) is 0.500. The molecular weight excluding hydrogens is 340 g/mol. The molecule has 9 heteroatoms. The highest BCUT2D eigenvalue weighted by Crippen LogP contribution is 2.22. The van der Waals surface area contributed by atoms with Crippen LogP contribution in [-0.4, -0.2) is 54.4 Å². The van der Waals surface area contributed by atoms with Crippen LogP contribution in [0, 0.1) is 0 Å². The Morgan fingerprint density at radius 1 is 1.26 bits per heavy atom. The van der Waals surface area contributed by atoms with Crippen LogP contribution in [0.1, 0.15) is 5.56 Å². The van der Waals surface area contributed by atoms with Gasteiger partial charge in [0.25, 0.3) is 0 Å². The van der Waals surface area contributed by atoms with Gasteiger partial charge >= 0.3 is 0 Å². The summed E-state index contributed by atoms with van der Waals surface area (Å²) in [5, 5.41) is 6.82. The van der Waals surface area contributed by atoms with Crippen molar-refractivity contribution in [3.05, 3.63) is 28.8 Å². The Labute approximate surface area is 142 Å². The first-order valence-electron chi connectivity index (χ1n) is 7.07. The van der Waals surface area contributed by atoms with Gasteiger partial charge < -0.3 is 15.4 Å². The van der Waals surface area contributed by atoms with E-state index in [2.05, 4.69) is 20.3 Å². The second-order valence-electron chi connectivity index (χ2n) is 4.80. The van der Waals surface area contributed by atoms with Crippen LogP contribution in [0.2, 0.25) is 5.02 Å². The molecule has 0 atom stereocenters. The van der Waals surface area contributed by atoms with E-state index < -0.39 is 10.0 Å². The van der Waals surface area contributed by atoms with Gasteiger partial charge in [-0.3, -0.25) is 4.99 Å². The van der Waals surface area contributed by atoms with Gasteiger partial charge in [-0.25, -0.2) is 13.1 Å². The number of hydrogen-bond acceptors (Lipinski definition) is 4. The summed E-state index contributed by atoms with van der Waals surface area (Å²) in [4.78, 5) is 4.07. The van der Waals surface area contributed by atoms with E-state index in [4.69, 9.17) is 16.3 Å². The molecule has 0 unspecified atom stereocenters. The van der Waals surface area contributed by atoms with Gasteiger partial charge in [0.1, 0.15) is 5.75 Å². The fourth-order valence-corrected chi connectivity index (χ4v) is 2.55. The van der Waals surface area contributed by atoms with Gasteiger partial charge in [0.2, 0.25) is 10.0 Å². The smallest absolute Gasteiger partial charge is 0.208 e. The maximum absolute atomic E-state index is 10.9. The molecule has 0 saturated carbocycles. The van der Waals surface area contributed by atoms with Crippen LogP contribution in [0.25, 0.3) is 0 Å². The number of sulfonamides is 1. The van der Waals surface area contributed by atoms with Crippen molar-refractivity contribution < 1.29 is 13.2 Å². The monoisotopic (exact) mass is 362 g/mol. The predicted molar refractivity (Wildman–Crippen MR) is 93.9 cm³/mol. The average molecular weight is 363 g/mol. The molecule has 0 heterocycles. The van der Waals surface area contributed by atoms with Crippen LogP contribution in [0.3, 0.4) is 0 Å². The first-order valence-corrected chi connectivity index (χ1v) is 9.34. The Morgan fingerprint density at radius 2 is 1.96 bits per heavy atom. The van der Waals surface area contributed by atoms with Crippen LogP contribution in [0.5, 0.6) is 5.75 Å². The number of methoxy groups -OCH3 is 1. The van der Waals surface area contributed by atoms with Crippen molar-refractivity contribution in [2.45, 2.75) is 6.42 Å². The van der Waals surface area contributed by atoms with Gasteiger partial charge in [-0.1, -0.05) is 17.7 Å². The third-order valence-corrected chi connectivity index (χ3v) is 4.03. The molecule has 1 aromatic carbocycles. The van der Waals surface area contributed by atoms with Crippen molar-refractivity contribution in [1.82, 2.24) is 15.4 Å². The lowest BCUT2D eigenvalue weighted by atomic mass is 10.1. The first kappa shape index (κ1) is 19.5. The molecule has 130 valence electrons. The van der Waals surface area contributed by atoms with Crippen molar-refractivity contribution in [3.63, 3.8) is 0 Å². The molecule has 0 spiro atoms. The largest absolute Gasteiger partial charge is 0.497 e. The molecule has 0 aliphatic carbocycles. The molecule has 0 amide bonds. The SMILES string of the molecule is CN=C(NCCNS(C)(=O)=O)NCCc1ccc(OC)cc1Cl. The third-order valence-electron chi connectivity index (χ3n) is 2.95. The topological polar surface area (TPSA) is 91.8 Å². The number of nitrogens with zero attached hydrogens (tertiary/aromatic N) is 1. The van der Waals surface area contributed by atoms with Crippen molar-refractivity contribution in [2.75, 3.05) is 40.0 Å². The number of guanidine groups is 1. The van der Waals surface area contributed by atoms with E-state index in [-0.39, 0.29) is 0 Å². The summed E-state index contributed by atoms with van der Waals surface area (Å²) in [6.45, 7) is 1.38. The van der Waals surface area contributed by atoms with Gasteiger partial charge in [-0.15, -0.1) is 0 Å². The van der Waals surface area contributed by atoms with Gasteiger partial charge in [-0.2, -0.15) is 0 Å². The normalized spacial score (nSPS) is 12.1. The molecular formula is C14H23ClN4O3S. The Morgan fingerprint density at radius 3 is 2.52 bits per heavy atom. The molecule has 0 aromatic heterocycles. The highest BCUT2D eigenvalue weighted by molar-refractivity contribution is 7.88. The Kier molecular flexibility index (Phi) is 8.15. The summed E-state index contributed by atoms with van der Waals surface area (Å²) < 4.78 is 29.4. The molecule has 3 N–H and O–H groups in total. The zero-order chi connectivity index (χ0) is 17.3. The number of aliphatic imine (C=N–C) groups is 1. The maximum atomic E-state index is 10.9. The molecule has 0 radical (unpaired) electrons. The highest BCUT2D eigenvalue weighted by Gasteiger charge is 2.04. The summed E-state index contributed by atoms with van der Waals surface area (Å²) in [5.74, 6) is 1.33. The van der Waals surface area contributed by atoms with E-state index in [1.165, 1.54) is 0 Å². The second kappa shape index (κ2) is 9.59. The molecule has 0 fully saturated rings. The molecule has 7 nitrogen and oxygen atoms in total. The number of benzene rings is 1. The van der Waals surface area contributed by atoms with E-state index in [0.717, 1.165) is 24.0 Å². The summed E-state index contributed by atoms with van der Waals surface area (Å²) in [6, 6.07) is 5.57. The zero-order valence-corrected chi connectivity index (χ0v) is 15.1. The summed E-state index contributed by atoms with van der Waals surface area (Å²) in [7, 11) is 0.0834. The Balaban J connectivity index is 2.35. The minimum atomic E-state index is -3.17. The average Bonchev–Trinajstić information content (AvgIpc) is 2.50. The maximum Gasteiger partial charge on any atom is 0.208 e. The van der Waals surface area contributed by atoms with Gasteiger partial charge in [-0.05, 0) is 24.1 Å². The van der Waals surface area contributed by atoms with Crippen LogP contribution in [0.15, 0.2) is 23.2 Å². The molecule has 0 saturated heterocycles. The Bertz CT molecular complexity index is 635. The van der Waals surface area contributed by atoms with Gasteiger partial charge in [0.15, 0.2) is 5.96 Å². The standard InChI is InChI=1S/C14H23ClN4O3S/c1-16-14(18-8-9-19-23(3,20)21)17-7-6-11-4-5-12(22-2)10-13(11)15/h4-5,10,19H,6-9H2,1-3H3,(H2,16,17,18). The quantitative estimate of drug-likeness (QED) is 0.358. The van der Waals surface area contributed by atoms with Gasteiger partial charge in [0, 0.05) is 31.7 Å². The molecule has 1 aromatic rings. The van der Waals surface area contributed by atoms with Crippen LogP contribution in [-0.2, 0) is 16.4 Å². The lowest BCUT2D eigenvalue weighted by Crippen LogP contribution is -2.42. The summed E-state index contributed by atoms with van der Waals surface area (Å²) in [5.41, 5.74) is 1.01. The lowest BCUT2D eigenvalue weighted by Gasteiger charge is -2.12. The van der Waals surface area contributed by atoms with Crippen LogP contribution in [0.4, 0.5) is 0 Å². The first-order chi connectivity index (χ1) is 10.9. The van der Waals surface area contributed by atoms with E-state index in [9.17, 15) is 8.42 Å². The molecule has 23 heavy (non-hydrogen) atoms. The molecule has 0 aliphatic rings. The van der Waals surface area contributed by atoms with E-state index >= 15 is 0 Å². The minimum Gasteiger partial charge on any atom is -0.497 e. The van der Waals surface area contributed by atoms with Crippen LogP contribution < -0.4 is 20.1 Å². The predicted octanol–water partition coefficient (Wildman–Crippen LogP) is 0.605. The van der Waals surface area contributed by atoms with Crippen molar-refractivity contribution in [3.8, 4) is 5.75 Å². The van der Waals surface area contributed by atoms with Gasteiger partial charge in [0.05, 0.1) is 13.4 Å². The van der Waals surface area contributed by atoms with E-state index in [0.29, 0.717) is 30.6 Å². The van der Waals surface area contributed by atoms with Crippen molar-refractivity contribution >= 4 is 27.6 Å². The third kappa shape index (κ3) is 8.06. The van der Waals surface area contributed by atoms with Crippen molar-refractivity contribution in [1.29, 1.82) is 0 Å². The second-order valence-corrected chi connectivity index (χ2v) is 7.04. The molecule has 0 bridgehead atoms. The number of halogens is 1. The highest BCUT2D eigenvalue weighted by atomic mass is 35.5. The summed E-state index contributed by atoms with van der Waals surface area (Å²) >= 11 is 6.18. The van der Waals surface area contributed by atoms with Crippen LogP contribution >= 0.6 is 11.6 Å². The fourth-order valence-electron chi connectivity index (χ4n) is 1.81. The summed E-state index contributed by atoms with van der Waals surface area (Å²) in [6.07, 6.45) is 1.85. The Hall–Kier alpha value is -1.51. The van der Waals surface area contributed by atoms with E-state index in [1.54, 1.807) is 20.2 Å². The molecule has 1 rings (SSSR count). The van der Waals surface area contributed by atoms with E-state index in [1.807, 2.05) is 12.1 Å². The number of ether oxygens (including phenoxy) is 1. The number of hydrogen-bond donors (Lipinski definition) is 3. The zero-order valence-electron chi connectivity index (χ0n) is 13.5.